The Kier molecular flexibility index (Phi) is 8.54. The number of nitrogens with one attached hydrogen (secondary N) is 2. The Morgan fingerprint density at radius 2 is 1.69 bits per heavy atom. The van der Waals surface area contributed by atoms with Crippen LogP contribution in [0.25, 0.3) is 0 Å². The number of hydrogen-bond donors (Lipinski definition) is 2. The predicted molar refractivity (Wildman–Crippen MR) is 140 cm³/mol. The molecule has 8 nitrogen and oxygen atoms in total. The zero-order chi connectivity index (χ0) is 24.6. The molecular weight excluding hydrogens is 469 g/mol. The first-order chi connectivity index (χ1) is 17.0. The van der Waals surface area contributed by atoms with E-state index >= 15 is 0 Å². The van der Waals surface area contributed by atoms with Gasteiger partial charge in [0.15, 0.2) is 0 Å². The van der Waals surface area contributed by atoms with E-state index in [0.29, 0.717) is 42.6 Å². The van der Waals surface area contributed by atoms with Crippen molar-refractivity contribution in [2.45, 2.75) is 20.3 Å². The van der Waals surface area contributed by atoms with Crippen molar-refractivity contribution in [2.75, 3.05) is 66.4 Å². The van der Waals surface area contributed by atoms with Crippen molar-refractivity contribution in [1.29, 1.82) is 0 Å². The van der Waals surface area contributed by atoms with Crippen molar-refractivity contribution in [3.05, 3.63) is 58.9 Å². The van der Waals surface area contributed by atoms with Crippen LogP contribution in [0, 0.1) is 12.7 Å². The molecule has 0 radical (unpaired) electrons. The standard InChI is InChI=1S/C25H31ClFN7O/c1-3-35-16-4-11-28-23-30-24(29-22-17-19(26)6-5-18(22)2)32-25(31-23)34-14-12-33(13-15-34)21-9-7-20(27)8-10-21/h5-10,17H,3-4,11-16H2,1-2H3,(H2,28,29,30,31,32). The van der Waals surface area contributed by atoms with Crippen LogP contribution in [0.15, 0.2) is 42.5 Å². The molecule has 35 heavy (non-hydrogen) atoms. The quantitative estimate of drug-likeness (QED) is 0.382. The van der Waals surface area contributed by atoms with Gasteiger partial charge in [0, 0.05) is 62.3 Å². The van der Waals surface area contributed by atoms with Crippen molar-refractivity contribution >= 4 is 40.8 Å². The number of rotatable bonds is 10. The lowest BCUT2D eigenvalue weighted by molar-refractivity contribution is 0.147. The molecule has 10 heteroatoms. The highest BCUT2D eigenvalue weighted by molar-refractivity contribution is 6.30. The van der Waals surface area contributed by atoms with Gasteiger partial charge in [-0.25, -0.2) is 4.39 Å². The van der Waals surface area contributed by atoms with E-state index in [4.69, 9.17) is 21.3 Å². The summed E-state index contributed by atoms with van der Waals surface area (Å²) >= 11 is 6.20. The van der Waals surface area contributed by atoms with Crippen LogP contribution in [0.3, 0.4) is 0 Å². The molecule has 2 aromatic carbocycles. The number of anilines is 5. The lowest BCUT2D eigenvalue weighted by Gasteiger charge is -2.36. The highest BCUT2D eigenvalue weighted by Gasteiger charge is 2.21. The average molecular weight is 500 g/mol. The molecule has 1 fully saturated rings. The van der Waals surface area contributed by atoms with Gasteiger partial charge in [0.25, 0.3) is 0 Å². The molecule has 1 aliphatic heterocycles. The van der Waals surface area contributed by atoms with Gasteiger partial charge in [0.05, 0.1) is 0 Å². The van der Waals surface area contributed by atoms with Gasteiger partial charge in [-0.3, -0.25) is 0 Å². The number of ether oxygens (including phenoxy) is 1. The molecule has 186 valence electrons. The number of hydrogen-bond acceptors (Lipinski definition) is 8. The minimum Gasteiger partial charge on any atom is -0.382 e. The van der Waals surface area contributed by atoms with E-state index in [0.717, 1.165) is 49.5 Å². The first-order valence-corrected chi connectivity index (χ1v) is 12.3. The fourth-order valence-corrected chi connectivity index (χ4v) is 4.00. The minimum atomic E-state index is -0.228. The van der Waals surface area contributed by atoms with Gasteiger partial charge in [0.2, 0.25) is 17.8 Å². The number of nitrogens with zero attached hydrogens (tertiary/aromatic N) is 5. The van der Waals surface area contributed by atoms with Gasteiger partial charge in [-0.2, -0.15) is 15.0 Å². The van der Waals surface area contributed by atoms with Gasteiger partial charge in [-0.05, 0) is 62.2 Å². The minimum absolute atomic E-state index is 0.228. The molecule has 1 saturated heterocycles. The van der Waals surface area contributed by atoms with E-state index in [2.05, 4.69) is 30.4 Å². The Morgan fingerprint density at radius 1 is 0.971 bits per heavy atom. The van der Waals surface area contributed by atoms with Gasteiger partial charge in [0.1, 0.15) is 5.82 Å². The first kappa shape index (κ1) is 24.9. The third kappa shape index (κ3) is 6.93. The maximum atomic E-state index is 13.3. The van der Waals surface area contributed by atoms with Crippen LogP contribution in [0.1, 0.15) is 18.9 Å². The molecule has 3 aromatic rings. The Hall–Kier alpha value is -3.17. The summed E-state index contributed by atoms with van der Waals surface area (Å²) in [5.74, 6) is 1.34. The zero-order valence-electron chi connectivity index (χ0n) is 20.1. The molecule has 1 aliphatic rings. The fourth-order valence-electron chi connectivity index (χ4n) is 3.83. The van der Waals surface area contributed by atoms with Crippen molar-refractivity contribution in [1.82, 2.24) is 15.0 Å². The molecule has 1 aromatic heterocycles. The summed E-state index contributed by atoms with van der Waals surface area (Å²) in [7, 11) is 0. The van der Waals surface area contributed by atoms with Crippen LogP contribution in [-0.4, -0.2) is 60.9 Å². The second-order valence-corrected chi connectivity index (χ2v) is 8.73. The number of piperazine rings is 1. The van der Waals surface area contributed by atoms with Crippen LogP contribution in [0.5, 0.6) is 0 Å². The SMILES string of the molecule is CCOCCCNc1nc(Nc2cc(Cl)ccc2C)nc(N2CCN(c3ccc(F)cc3)CC2)n1. The Morgan fingerprint density at radius 3 is 2.43 bits per heavy atom. The summed E-state index contributed by atoms with van der Waals surface area (Å²) in [5, 5.41) is 7.23. The normalized spacial score (nSPS) is 13.7. The molecule has 0 aliphatic carbocycles. The number of aromatic nitrogens is 3. The second kappa shape index (κ2) is 12.0. The van der Waals surface area contributed by atoms with E-state index in [1.807, 2.05) is 44.2 Å². The number of halogens is 2. The predicted octanol–water partition coefficient (Wildman–Crippen LogP) is 4.88. The van der Waals surface area contributed by atoms with Crippen molar-refractivity contribution < 1.29 is 9.13 Å². The summed E-state index contributed by atoms with van der Waals surface area (Å²) in [6.07, 6.45) is 0.849. The van der Waals surface area contributed by atoms with Crippen LogP contribution in [0.4, 0.5) is 33.6 Å². The fraction of sp³-hybridized carbons (Fsp3) is 0.400. The third-order valence-electron chi connectivity index (χ3n) is 5.78. The van der Waals surface area contributed by atoms with E-state index in [1.54, 1.807) is 0 Å². The lowest BCUT2D eigenvalue weighted by atomic mass is 10.2. The summed E-state index contributed by atoms with van der Waals surface area (Å²) in [4.78, 5) is 18.3. The molecule has 0 spiro atoms. The van der Waals surface area contributed by atoms with Crippen molar-refractivity contribution in [2.24, 2.45) is 0 Å². The Bertz CT molecular complexity index is 1110. The molecule has 0 saturated carbocycles. The Balaban J connectivity index is 1.49. The molecule has 0 atom stereocenters. The summed E-state index contributed by atoms with van der Waals surface area (Å²) < 4.78 is 18.7. The molecular formula is C25H31ClFN7O. The van der Waals surface area contributed by atoms with Gasteiger partial charge in [-0.1, -0.05) is 17.7 Å². The van der Waals surface area contributed by atoms with Crippen molar-refractivity contribution in [3.63, 3.8) is 0 Å². The van der Waals surface area contributed by atoms with Crippen LogP contribution in [0.2, 0.25) is 5.02 Å². The summed E-state index contributed by atoms with van der Waals surface area (Å²) in [5.41, 5.74) is 2.89. The summed E-state index contributed by atoms with van der Waals surface area (Å²) in [6.45, 7) is 9.10. The molecule has 0 amide bonds. The molecule has 2 heterocycles. The highest BCUT2D eigenvalue weighted by Crippen LogP contribution is 2.25. The zero-order valence-corrected chi connectivity index (χ0v) is 20.9. The lowest BCUT2D eigenvalue weighted by Crippen LogP contribution is -2.47. The number of benzene rings is 2. The molecule has 0 unspecified atom stereocenters. The molecule has 2 N–H and O–H groups in total. The Labute approximate surface area is 210 Å². The van der Waals surface area contributed by atoms with Crippen molar-refractivity contribution in [3.8, 4) is 0 Å². The maximum Gasteiger partial charge on any atom is 0.233 e. The smallest absolute Gasteiger partial charge is 0.233 e. The largest absolute Gasteiger partial charge is 0.382 e. The summed E-state index contributed by atoms with van der Waals surface area (Å²) in [6, 6.07) is 12.3. The molecule has 4 rings (SSSR count). The van der Waals surface area contributed by atoms with Gasteiger partial charge < -0.3 is 25.2 Å². The monoisotopic (exact) mass is 499 g/mol. The average Bonchev–Trinajstić information content (AvgIpc) is 2.87. The van der Waals surface area contributed by atoms with E-state index in [9.17, 15) is 4.39 Å². The van der Waals surface area contributed by atoms with E-state index in [1.165, 1.54) is 12.1 Å². The number of aryl methyl sites for hydroxylation is 1. The van der Waals surface area contributed by atoms with E-state index < -0.39 is 0 Å². The van der Waals surface area contributed by atoms with Gasteiger partial charge >= 0.3 is 0 Å². The molecule has 0 bridgehead atoms. The topological polar surface area (TPSA) is 78.4 Å². The first-order valence-electron chi connectivity index (χ1n) is 11.9. The maximum absolute atomic E-state index is 13.3. The van der Waals surface area contributed by atoms with Crippen LogP contribution >= 0.6 is 11.6 Å². The van der Waals surface area contributed by atoms with Gasteiger partial charge in [-0.15, -0.1) is 0 Å². The second-order valence-electron chi connectivity index (χ2n) is 8.29. The van der Waals surface area contributed by atoms with Crippen LogP contribution < -0.4 is 20.4 Å². The third-order valence-corrected chi connectivity index (χ3v) is 6.01. The highest BCUT2D eigenvalue weighted by atomic mass is 35.5. The van der Waals surface area contributed by atoms with Crippen LogP contribution in [-0.2, 0) is 4.74 Å². The van der Waals surface area contributed by atoms with E-state index in [-0.39, 0.29) is 5.82 Å².